The number of carbonyl (C=O) groups is 2. The molecule has 3 N–H and O–H groups in total. The van der Waals surface area contributed by atoms with Crippen LogP contribution in [0.25, 0.3) is 0 Å². The van der Waals surface area contributed by atoms with Crippen molar-refractivity contribution in [2.45, 2.75) is 25.8 Å². The predicted octanol–water partition coefficient (Wildman–Crippen LogP) is 1.15. The van der Waals surface area contributed by atoms with Gasteiger partial charge < -0.3 is 15.8 Å². The third kappa shape index (κ3) is 5.09. The fourth-order valence-electron chi connectivity index (χ4n) is 1.65. The Labute approximate surface area is 113 Å². The van der Waals surface area contributed by atoms with Gasteiger partial charge in [0.25, 0.3) is 0 Å². The number of rotatable bonds is 7. The van der Waals surface area contributed by atoms with E-state index in [-0.39, 0.29) is 12.5 Å². The lowest BCUT2D eigenvalue weighted by atomic mass is 10.1. The highest BCUT2D eigenvalue weighted by molar-refractivity contribution is 5.85. The molecule has 0 aromatic heterocycles. The van der Waals surface area contributed by atoms with Gasteiger partial charge in [0, 0.05) is 6.42 Å². The fourth-order valence-corrected chi connectivity index (χ4v) is 1.65. The molecule has 1 rings (SSSR count). The van der Waals surface area contributed by atoms with E-state index in [1.54, 1.807) is 19.1 Å². The zero-order valence-corrected chi connectivity index (χ0v) is 11.1. The van der Waals surface area contributed by atoms with Crippen molar-refractivity contribution in [3.63, 3.8) is 0 Å². The van der Waals surface area contributed by atoms with E-state index in [0.717, 1.165) is 0 Å². The van der Waals surface area contributed by atoms with Crippen LogP contribution in [0, 0.1) is 0 Å². The second-order valence-corrected chi connectivity index (χ2v) is 4.06. The largest absolute Gasteiger partial charge is 0.464 e. The van der Waals surface area contributed by atoms with Crippen molar-refractivity contribution in [3.8, 4) is 0 Å². The Morgan fingerprint density at radius 3 is 2.58 bits per heavy atom. The molecule has 0 aliphatic rings. The van der Waals surface area contributed by atoms with Crippen LogP contribution < -0.4 is 11.1 Å². The molecule has 0 fully saturated rings. The molecular weight excluding hydrogens is 244 g/mol. The van der Waals surface area contributed by atoms with E-state index in [1.165, 1.54) is 0 Å². The molecule has 0 bridgehead atoms. The lowest BCUT2D eigenvalue weighted by molar-refractivity contribution is -0.147. The van der Waals surface area contributed by atoms with Gasteiger partial charge in [0.05, 0.1) is 6.61 Å². The average Bonchev–Trinajstić information content (AvgIpc) is 2.43. The van der Waals surface area contributed by atoms with E-state index in [0.29, 0.717) is 24.9 Å². The Hall–Kier alpha value is -1.88. The quantitative estimate of drug-likeness (QED) is 0.724. The normalized spacial score (nSPS) is 11.7. The van der Waals surface area contributed by atoms with Gasteiger partial charge in [0.15, 0.2) is 6.04 Å². The van der Waals surface area contributed by atoms with Gasteiger partial charge in [-0.1, -0.05) is 30.3 Å². The summed E-state index contributed by atoms with van der Waals surface area (Å²) in [6.45, 7) is 2.46. The lowest BCUT2D eigenvalue weighted by Crippen LogP contribution is -2.35. The summed E-state index contributed by atoms with van der Waals surface area (Å²) in [5.74, 6) is -0.651. The van der Waals surface area contributed by atoms with Gasteiger partial charge in [0.2, 0.25) is 5.91 Å². The molecule has 19 heavy (non-hydrogen) atoms. The second kappa shape index (κ2) is 8.26. The number of nitrogens with one attached hydrogen (secondary N) is 1. The Balaban J connectivity index is 2.76. The van der Waals surface area contributed by atoms with Crippen LogP contribution in [0.15, 0.2) is 30.3 Å². The second-order valence-electron chi connectivity index (χ2n) is 4.06. The minimum absolute atomic E-state index is 0.202. The van der Waals surface area contributed by atoms with Crippen LogP contribution in [0.2, 0.25) is 0 Å². The van der Waals surface area contributed by atoms with E-state index >= 15 is 0 Å². The summed E-state index contributed by atoms with van der Waals surface area (Å²) in [5, 5.41) is 2.68. The molecular formula is C14H20N2O3. The molecule has 0 aliphatic carbocycles. The zero-order valence-electron chi connectivity index (χ0n) is 11.1. The Bertz CT molecular complexity index is 406. The van der Waals surface area contributed by atoms with Crippen molar-refractivity contribution in [1.82, 2.24) is 5.32 Å². The standard InChI is InChI=1S/C14H20N2O3/c1-2-19-14(18)13(11-7-4-3-5-8-11)16-12(17)9-6-10-15/h3-5,7-8,13H,2,6,9-10,15H2,1H3,(H,16,17)/t13-/m1/s1. The first-order chi connectivity index (χ1) is 9.19. The molecule has 0 saturated heterocycles. The minimum Gasteiger partial charge on any atom is -0.464 e. The first-order valence-corrected chi connectivity index (χ1v) is 6.40. The number of ether oxygens (including phenoxy) is 1. The molecule has 0 radical (unpaired) electrons. The summed E-state index contributed by atoms with van der Waals surface area (Å²) in [6.07, 6.45) is 0.898. The highest BCUT2D eigenvalue weighted by Crippen LogP contribution is 2.14. The molecule has 0 spiro atoms. The van der Waals surface area contributed by atoms with Crippen LogP contribution >= 0.6 is 0 Å². The van der Waals surface area contributed by atoms with Crippen LogP contribution in [0.1, 0.15) is 31.4 Å². The zero-order chi connectivity index (χ0) is 14.1. The van der Waals surface area contributed by atoms with Gasteiger partial charge in [-0.3, -0.25) is 4.79 Å². The summed E-state index contributed by atoms with van der Waals surface area (Å²) < 4.78 is 4.99. The Kier molecular flexibility index (Phi) is 6.60. The first-order valence-electron chi connectivity index (χ1n) is 6.40. The van der Waals surface area contributed by atoms with E-state index in [1.807, 2.05) is 18.2 Å². The van der Waals surface area contributed by atoms with Crippen molar-refractivity contribution >= 4 is 11.9 Å². The maximum absolute atomic E-state index is 11.9. The first kappa shape index (κ1) is 15.2. The Morgan fingerprint density at radius 1 is 1.32 bits per heavy atom. The Morgan fingerprint density at radius 2 is 2.00 bits per heavy atom. The van der Waals surface area contributed by atoms with Gasteiger partial charge in [-0.25, -0.2) is 4.79 Å². The van der Waals surface area contributed by atoms with Crippen LogP contribution in [0.3, 0.4) is 0 Å². The maximum Gasteiger partial charge on any atom is 0.333 e. The van der Waals surface area contributed by atoms with E-state index in [9.17, 15) is 9.59 Å². The molecule has 1 atom stereocenters. The van der Waals surface area contributed by atoms with E-state index < -0.39 is 12.0 Å². The highest BCUT2D eigenvalue weighted by atomic mass is 16.5. The molecule has 0 heterocycles. The van der Waals surface area contributed by atoms with E-state index in [2.05, 4.69) is 5.32 Å². The molecule has 0 unspecified atom stereocenters. The summed E-state index contributed by atoms with van der Waals surface area (Å²) in [6, 6.07) is 8.28. The number of hydrogen-bond acceptors (Lipinski definition) is 4. The third-order valence-electron chi connectivity index (χ3n) is 2.57. The van der Waals surface area contributed by atoms with Crippen LogP contribution in [-0.2, 0) is 14.3 Å². The van der Waals surface area contributed by atoms with Crippen molar-refractivity contribution in [1.29, 1.82) is 0 Å². The van der Waals surface area contributed by atoms with Gasteiger partial charge in [-0.15, -0.1) is 0 Å². The maximum atomic E-state index is 11.9. The topological polar surface area (TPSA) is 81.4 Å². The number of esters is 1. The lowest BCUT2D eigenvalue weighted by Gasteiger charge is -2.17. The van der Waals surface area contributed by atoms with Crippen LogP contribution in [0.4, 0.5) is 0 Å². The van der Waals surface area contributed by atoms with Gasteiger partial charge in [0.1, 0.15) is 0 Å². The molecule has 1 aromatic rings. The minimum atomic E-state index is -0.758. The fraction of sp³-hybridized carbons (Fsp3) is 0.429. The van der Waals surface area contributed by atoms with Crippen molar-refractivity contribution < 1.29 is 14.3 Å². The number of carbonyl (C=O) groups excluding carboxylic acids is 2. The van der Waals surface area contributed by atoms with Gasteiger partial charge in [-0.2, -0.15) is 0 Å². The van der Waals surface area contributed by atoms with Crippen molar-refractivity contribution in [2.75, 3.05) is 13.2 Å². The third-order valence-corrected chi connectivity index (χ3v) is 2.57. The highest BCUT2D eigenvalue weighted by Gasteiger charge is 2.23. The summed E-state index contributed by atoms with van der Waals surface area (Å²) >= 11 is 0. The monoisotopic (exact) mass is 264 g/mol. The van der Waals surface area contributed by atoms with Gasteiger partial charge >= 0.3 is 5.97 Å². The smallest absolute Gasteiger partial charge is 0.333 e. The predicted molar refractivity (Wildman–Crippen MR) is 72.2 cm³/mol. The summed E-state index contributed by atoms with van der Waals surface area (Å²) in [7, 11) is 0. The number of amides is 1. The molecule has 0 aliphatic heterocycles. The van der Waals surface area contributed by atoms with Crippen LogP contribution in [-0.4, -0.2) is 25.0 Å². The molecule has 1 amide bonds. The summed E-state index contributed by atoms with van der Waals surface area (Å²) in [4.78, 5) is 23.6. The average molecular weight is 264 g/mol. The molecule has 104 valence electrons. The van der Waals surface area contributed by atoms with Gasteiger partial charge in [-0.05, 0) is 25.5 Å². The van der Waals surface area contributed by atoms with Crippen molar-refractivity contribution in [3.05, 3.63) is 35.9 Å². The number of benzene rings is 1. The molecule has 5 nitrogen and oxygen atoms in total. The molecule has 1 aromatic carbocycles. The van der Waals surface area contributed by atoms with E-state index in [4.69, 9.17) is 10.5 Å². The number of nitrogens with two attached hydrogens (primary N) is 1. The van der Waals surface area contributed by atoms with Crippen LogP contribution in [0.5, 0.6) is 0 Å². The molecule has 0 saturated carbocycles. The summed E-state index contributed by atoms with van der Waals surface area (Å²) in [5.41, 5.74) is 6.06. The SMILES string of the molecule is CCOC(=O)[C@H](NC(=O)CCCN)c1ccccc1. The van der Waals surface area contributed by atoms with Crippen molar-refractivity contribution in [2.24, 2.45) is 5.73 Å². The molecule has 5 heteroatoms. The number of hydrogen-bond donors (Lipinski definition) is 2.